The topological polar surface area (TPSA) is 62.1 Å². The lowest BCUT2D eigenvalue weighted by atomic mass is 10.3. The number of para-hydroxylation sites is 1. The molecule has 0 spiro atoms. The average molecular weight is 375 g/mol. The van der Waals surface area contributed by atoms with Gasteiger partial charge in [0.2, 0.25) is 0 Å². The number of hydrogen-bond acceptors (Lipinski definition) is 6. The maximum Gasteiger partial charge on any atom is 0.169 e. The zero-order valence-corrected chi connectivity index (χ0v) is 15.0. The number of thioether (sulfide) groups is 1. The van der Waals surface area contributed by atoms with Gasteiger partial charge in [-0.2, -0.15) is 4.68 Å². The van der Waals surface area contributed by atoms with Crippen molar-refractivity contribution >= 4 is 23.4 Å². The van der Waals surface area contributed by atoms with Crippen LogP contribution < -0.4 is 9.47 Å². The van der Waals surface area contributed by atoms with Gasteiger partial charge >= 0.3 is 0 Å². The first-order chi connectivity index (χ1) is 12.2. The Bertz CT molecular complexity index is 888. The van der Waals surface area contributed by atoms with E-state index in [0.717, 1.165) is 16.4 Å². The van der Waals surface area contributed by atoms with Crippen molar-refractivity contribution in [1.82, 2.24) is 20.2 Å². The molecule has 1 aromatic heterocycles. The van der Waals surface area contributed by atoms with Crippen molar-refractivity contribution in [2.45, 2.75) is 17.1 Å². The van der Waals surface area contributed by atoms with Gasteiger partial charge < -0.3 is 9.47 Å². The number of aromatic nitrogens is 4. The van der Waals surface area contributed by atoms with Crippen LogP contribution in [0.2, 0.25) is 5.02 Å². The van der Waals surface area contributed by atoms with Gasteiger partial charge in [-0.3, -0.25) is 0 Å². The molecule has 1 aliphatic heterocycles. The number of nitrogens with zero attached hydrogens (tertiary/aromatic N) is 4. The molecule has 0 amide bonds. The van der Waals surface area contributed by atoms with Crippen molar-refractivity contribution in [3.8, 4) is 17.2 Å². The van der Waals surface area contributed by atoms with Crippen molar-refractivity contribution < 1.29 is 9.47 Å². The molecule has 0 N–H and O–H groups in total. The molecule has 3 aromatic rings. The van der Waals surface area contributed by atoms with Crippen LogP contribution in [0, 0.1) is 0 Å². The summed E-state index contributed by atoms with van der Waals surface area (Å²) in [4.78, 5) is 0.904. The van der Waals surface area contributed by atoms with Gasteiger partial charge in [0.25, 0.3) is 0 Å². The molecule has 128 valence electrons. The van der Waals surface area contributed by atoms with Crippen LogP contribution in [0.4, 0.5) is 0 Å². The minimum atomic E-state index is -0.00438. The number of rotatable bonds is 4. The van der Waals surface area contributed by atoms with Crippen LogP contribution in [0.25, 0.3) is 5.69 Å². The Morgan fingerprint density at radius 1 is 1.12 bits per heavy atom. The quantitative estimate of drug-likeness (QED) is 0.644. The summed E-state index contributed by atoms with van der Waals surface area (Å²) in [6, 6.07) is 13.5. The van der Waals surface area contributed by atoms with E-state index in [2.05, 4.69) is 15.5 Å². The summed E-state index contributed by atoms with van der Waals surface area (Å²) in [5, 5.41) is 12.7. The maximum absolute atomic E-state index is 6.41. The van der Waals surface area contributed by atoms with Crippen molar-refractivity contribution in [3.05, 3.63) is 53.3 Å². The number of hydrogen-bond donors (Lipinski definition) is 0. The third-order valence-electron chi connectivity index (χ3n) is 3.76. The monoisotopic (exact) mass is 374 g/mol. The molecule has 0 aliphatic carbocycles. The van der Waals surface area contributed by atoms with E-state index in [4.69, 9.17) is 21.1 Å². The lowest BCUT2D eigenvalue weighted by molar-refractivity contribution is 0.171. The zero-order valence-electron chi connectivity index (χ0n) is 13.4. The number of benzene rings is 2. The van der Waals surface area contributed by atoms with E-state index in [1.54, 1.807) is 22.5 Å². The van der Waals surface area contributed by atoms with Gasteiger partial charge in [0.15, 0.2) is 17.3 Å². The lowest BCUT2D eigenvalue weighted by Gasteiger charge is -2.20. The molecule has 25 heavy (non-hydrogen) atoms. The molecule has 1 aliphatic rings. The van der Waals surface area contributed by atoms with Gasteiger partial charge in [0.05, 0.1) is 16.0 Å². The molecular formula is C17H15ClN4O2S. The standard InChI is InChI=1S/C17H15ClN4O2S/c1-11(17-19-20-21-22(17)12-5-3-2-4-6-12)25-16-10-15-14(9-13(16)18)23-7-8-24-15/h2-6,9-11H,7-8H2,1H3. The molecule has 0 radical (unpaired) electrons. The third kappa shape index (κ3) is 3.29. The van der Waals surface area contributed by atoms with E-state index in [0.29, 0.717) is 29.7 Å². The smallest absolute Gasteiger partial charge is 0.169 e. The normalized spacial score (nSPS) is 14.3. The van der Waals surface area contributed by atoms with E-state index < -0.39 is 0 Å². The van der Waals surface area contributed by atoms with Crippen LogP contribution in [0.5, 0.6) is 11.5 Å². The highest BCUT2D eigenvalue weighted by Crippen LogP contribution is 2.43. The molecular weight excluding hydrogens is 360 g/mol. The number of fused-ring (bicyclic) bond motifs is 1. The Labute approximate surface area is 154 Å². The minimum absolute atomic E-state index is 0.00438. The summed E-state index contributed by atoms with van der Waals surface area (Å²) in [6.45, 7) is 3.13. The van der Waals surface area contributed by atoms with Gasteiger partial charge in [-0.15, -0.1) is 16.9 Å². The molecule has 8 heteroatoms. The van der Waals surface area contributed by atoms with Crippen LogP contribution in [-0.2, 0) is 0 Å². The number of halogens is 1. The van der Waals surface area contributed by atoms with E-state index in [-0.39, 0.29) is 5.25 Å². The van der Waals surface area contributed by atoms with E-state index in [1.165, 1.54) is 0 Å². The highest BCUT2D eigenvalue weighted by molar-refractivity contribution is 7.99. The molecule has 0 saturated heterocycles. The summed E-state index contributed by atoms with van der Waals surface area (Å²) < 4.78 is 12.9. The second kappa shape index (κ2) is 6.93. The Hall–Kier alpha value is -2.25. The molecule has 0 saturated carbocycles. The molecule has 0 fully saturated rings. The van der Waals surface area contributed by atoms with Crippen molar-refractivity contribution in [3.63, 3.8) is 0 Å². The predicted octanol–water partition coefficient (Wildman–Crippen LogP) is 3.94. The Balaban J connectivity index is 1.61. The second-order valence-electron chi connectivity index (χ2n) is 5.47. The fraction of sp³-hybridized carbons (Fsp3) is 0.235. The summed E-state index contributed by atoms with van der Waals surface area (Å²) >= 11 is 7.99. The molecule has 1 atom stereocenters. The summed E-state index contributed by atoms with van der Waals surface area (Å²) in [7, 11) is 0. The molecule has 2 heterocycles. The van der Waals surface area contributed by atoms with Gasteiger partial charge in [-0.25, -0.2) is 0 Å². The van der Waals surface area contributed by atoms with Crippen molar-refractivity contribution in [2.75, 3.05) is 13.2 Å². The summed E-state index contributed by atoms with van der Waals surface area (Å²) in [5.74, 6) is 2.15. The molecule has 0 bridgehead atoms. The van der Waals surface area contributed by atoms with Crippen LogP contribution in [0.15, 0.2) is 47.4 Å². The van der Waals surface area contributed by atoms with E-state index >= 15 is 0 Å². The van der Waals surface area contributed by atoms with Gasteiger partial charge in [-0.05, 0) is 35.5 Å². The van der Waals surface area contributed by atoms with Gasteiger partial charge in [0, 0.05) is 11.0 Å². The third-order valence-corrected chi connectivity index (χ3v) is 5.34. The fourth-order valence-electron chi connectivity index (χ4n) is 2.58. The molecule has 1 unspecified atom stereocenters. The first-order valence-corrected chi connectivity index (χ1v) is 9.07. The molecule has 6 nitrogen and oxygen atoms in total. The highest BCUT2D eigenvalue weighted by atomic mass is 35.5. The van der Waals surface area contributed by atoms with Crippen molar-refractivity contribution in [2.24, 2.45) is 0 Å². The molecule has 2 aromatic carbocycles. The maximum atomic E-state index is 6.41. The van der Waals surface area contributed by atoms with Crippen LogP contribution in [0.3, 0.4) is 0 Å². The molecule has 4 rings (SSSR count). The Kier molecular flexibility index (Phi) is 4.50. The van der Waals surface area contributed by atoms with Gasteiger partial charge in [0.1, 0.15) is 13.2 Å². The fourth-order valence-corrected chi connectivity index (χ4v) is 3.85. The first kappa shape index (κ1) is 16.2. The minimum Gasteiger partial charge on any atom is -0.486 e. The first-order valence-electron chi connectivity index (χ1n) is 7.82. The largest absolute Gasteiger partial charge is 0.486 e. The second-order valence-corrected chi connectivity index (χ2v) is 7.26. The number of ether oxygens (including phenoxy) is 2. The van der Waals surface area contributed by atoms with Crippen LogP contribution in [-0.4, -0.2) is 33.4 Å². The van der Waals surface area contributed by atoms with Crippen LogP contribution in [0.1, 0.15) is 18.0 Å². The Morgan fingerprint density at radius 3 is 2.60 bits per heavy atom. The SMILES string of the molecule is CC(Sc1cc2c(cc1Cl)OCCO2)c1nnnn1-c1ccccc1. The van der Waals surface area contributed by atoms with Gasteiger partial charge in [-0.1, -0.05) is 29.8 Å². The Morgan fingerprint density at radius 2 is 1.84 bits per heavy atom. The summed E-state index contributed by atoms with van der Waals surface area (Å²) in [5.41, 5.74) is 0.920. The lowest BCUT2D eigenvalue weighted by Crippen LogP contribution is -2.15. The van der Waals surface area contributed by atoms with E-state index in [9.17, 15) is 0 Å². The zero-order chi connectivity index (χ0) is 17.2. The van der Waals surface area contributed by atoms with Crippen molar-refractivity contribution in [1.29, 1.82) is 0 Å². The van der Waals surface area contributed by atoms with E-state index in [1.807, 2.05) is 43.3 Å². The highest BCUT2D eigenvalue weighted by Gasteiger charge is 2.21. The summed E-state index contributed by atoms with van der Waals surface area (Å²) in [6.07, 6.45) is 0. The van der Waals surface area contributed by atoms with Crippen LogP contribution >= 0.6 is 23.4 Å². The predicted molar refractivity (Wildman–Crippen MR) is 95.9 cm³/mol. The number of tetrazole rings is 1. The average Bonchev–Trinajstić information content (AvgIpc) is 3.13.